The minimum absolute atomic E-state index is 0.0957. The number of carbonyl (C=O) groups is 4. The van der Waals surface area contributed by atoms with Crippen molar-refractivity contribution in [2.75, 3.05) is 6.54 Å². The number of benzene rings is 2. The first-order valence-corrected chi connectivity index (χ1v) is 31.4. The molecule has 0 aliphatic carbocycles. The lowest BCUT2D eigenvalue weighted by atomic mass is 9.99. The third-order valence-electron chi connectivity index (χ3n) is 14.1. The van der Waals surface area contributed by atoms with Gasteiger partial charge in [-0.15, -0.1) is 44.2 Å². The summed E-state index contributed by atoms with van der Waals surface area (Å²) in [5.74, 6) is -2.23. The van der Waals surface area contributed by atoms with Gasteiger partial charge in [0.1, 0.15) is 0 Å². The van der Waals surface area contributed by atoms with Crippen molar-refractivity contribution in [3.8, 4) is 11.4 Å². The molecule has 0 radical (unpaired) electrons. The van der Waals surface area contributed by atoms with E-state index in [1.165, 1.54) is 72.5 Å². The first-order valence-electron chi connectivity index (χ1n) is 28.9. The Balaban J connectivity index is 0.000000162. The number of ketones is 1. The van der Waals surface area contributed by atoms with Crippen molar-refractivity contribution in [2.24, 2.45) is 0 Å². The number of Topliss-reactive ketones (excluding diaryl/α,β-unsaturated/α-hetero) is 1. The van der Waals surface area contributed by atoms with Crippen molar-refractivity contribution < 1.29 is 38.9 Å². The first kappa shape index (κ1) is 68.4. The Bertz CT molecular complexity index is 3930. The molecule has 0 amide bonds. The fraction of sp³-hybridized carbons (Fsp3) is 0.214. The van der Waals surface area contributed by atoms with Crippen molar-refractivity contribution in [3.63, 3.8) is 0 Å². The normalized spacial score (nSPS) is 10.4. The van der Waals surface area contributed by atoms with Crippen LogP contribution in [0.3, 0.4) is 0 Å². The van der Waals surface area contributed by atoms with Crippen molar-refractivity contribution in [2.45, 2.75) is 91.9 Å². The van der Waals surface area contributed by atoms with Gasteiger partial charge < -0.3 is 20.2 Å². The zero-order valence-electron chi connectivity index (χ0n) is 50.6. The second-order valence-corrected chi connectivity index (χ2v) is 24.6. The Hall–Kier alpha value is -10.1. The molecule has 11 aromatic rings. The lowest BCUT2D eigenvalue weighted by molar-refractivity contribution is 0.0684. The predicted octanol–water partition coefficient (Wildman–Crippen LogP) is 14.3. The summed E-state index contributed by atoms with van der Waals surface area (Å²) < 4.78 is 12.8. The number of hydrogen-bond donors (Lipinski definition) is 4. The highest BCUT2D eigenvalue weighted by Crippen LogP contribution is 2.23. The molecule has 0 aliphatic heterocycles. The third kappa shape index (κ3) is 22.4. The maximum absolute atomic E-state index is 12.8. The van der Waals surface area contributed by atoms with Crippen LogP contribution in [0.4, 0.5) is 4.39 Å². The molecule has 0 aliphatic rings. The van der Waals surface area contributed by atoms with Crippen molar-refractivity contribution in [1.82, 2.24) is 45.5 Å². The first-order chi connectivity index (χ1) is 44.0. The number of aromatic carboxylic acids is 3. The molecule has 0 saturated carbocycles. The summed E-state index contributed by atoms with van der Waals surface area (Å²) in [5, 5.41) is 41.0. The second kappa shape index (κ2) is 35.8. The molecule has 21 heteroatoms. The molecular weight excluding hydrogens is 1210 g/mol. The number of aryl methyl sites for hydroxylation is 14. The number of carboxylic acid groups (broad SMARTS) is 3. The SMILES string of the molecule is Cc1ccc(CCc2cnccc2-c2nn[nH]n2)cc1.Cc1ccc(CCc2cnccc2C(=O)O)s1.Cc1ccc(CCc2cnccc2C(=O)O)s1.O=C(O)c1ccncc1CCc1ccc(F)s1.[C-]#[N+]CC(=O)c1ccncc1CCc1ccc(C)cc1. The minimum Gasteiger partial charge on any atom is -0.478 e. The summed E-state index contributed by atoms with van der Waals surface area (Å²) in [5.41, 5.74) is 12.0. The van der Waals surface area contributed by atoms with E-state index in [1.807, 2.05) is 12.3 Å². The van der Waals surface area contributed by atoms with Gasteiger partial charge in [-0.25, -0.2) is 21.0 Å². The number of rotatable bonds is 21. The highest BCUT2D eigenvalue weighted by atomic mass is 32.1. The van der Waals surface area contributed by atoms with E-state index in [0.717, 1.165) is 95.4 Å². The largest absolute Gasteiger partial charge is 0.478 e. The van der Waals surface area contributed by atoms with E-state index < -0.39 is 17.9 Å². The molecular formula is C70H67FN10O7S3. The molecule has 17 nitrogen and oxygen atoms in total. The van der Waals surface area contributed by atoms with Gasteiger partial charge in [-0.1, -0.05) is 59.7 Å². The maximum atomic E-state index is 12.8. The van der Waals surface area contributed by atoms with Gasteiger partial charge >= 0.3 is 17.9 Å². The van der Waals surface area contributed by atoms with Gasteiger partial charge in [-0.05, 0) is 203 Å². The van der Waals surface area contributed by atoms with Crippen molar-refractivity contribution in [3.05, 3.63) is 290 Å². The summed E-state index contributed by atoms with van der Waals surface area (Å²) in [4.78, 5) is 74.2. The summed E-state index contributed by atoms with van der Waals surface area (Å²) in [6, 6.07) is 36.7. The van der Waals surface area contributed by atoms with Gasteiger partial charge in [-0.2, -0.15) is 9.60 Å². The van der Waals surface area contributed by atoms with Crippen LogP contribution in [0.5, 0.6) is 0 Å². The highest BCUT2D eigenvalue weighted by Gasteiger charge is 2.16. The number of aromatic nitrogens is 9. The van der Waals surface area contributed by atoms with Gasteiger partial charge in [0.15, 0.2) is 5.13 Å². The van der Waals surface area contributed by atoms with Gasteiger partial charge in [0, 0.05) is 97.5 Å². The lowest BCUT2D eigenvalue weighted by Gasteiger charge is -2.06. The molecule has 11 rings (SSSR count). The van der Waals surface area contributed by atoms with Gasteiger partial charge in [0.2, 0.25) is 11.6 Å². The molecule has 2 aromatic carbocycles. The number of tetrazole rings is 1. The fourth-order valence-corrected chi connectivity index (χ4v) is 11.8. The Labute approximate surface area is 539 Å². The van der Waals surface area contributed by atoms with Crippen LogP contribution in [0, 0.1) is 39.4 Å². The molecule has 464 valence electrons. The van der Waals surface area contributed by atoms with E-state index in [-0.39, 0.29) is 23.0 Å². The Kier molecular flexibility index (Phi) is 26.9. The second-order valence-electron chi connectivity index (χ2n) is 20.8. The van der Waals surface area contributed by atoms with Crippen LogP contribution in [0.25, 0.3) is 16.2 Å². The van der Waals surface area contributed by atoms with Crippen LogP contribution in [0.1, 0.15) is 116 Å². The lowest BCUT2D eigenvalue weighted by Crippen LogP contribution is -2.07. The van der Waals surface area contributed by atoms with E-state index in [2.05, 4.69) is 151 Å². The van der Waals surface area contributed by atoms with Crippen molar-refractivity contribution in [1.29, 1.82) is 0 Å². The number of carbonyl (C=O) groups excluding carboxylic acids is 1. The Morgan fingerprint density at radius 3 is 1.20 bits per heavy atom. The molecule has 0 saturated heterocycles. The highest BCUT2D eigenvalue weighted by molar-refractivity contribution is 7.12. The number of nitrogens with one attached hydrogen (secondary N) is 1. The average Bonchev–Trinajstić information content (AvgIpc) is 4.33. The zero-order valence-corrected chi connectivity index (χ0v) is 53.1. The third-order valence-corrected chi connectivity index (χ3v) is 17.1. The predicted molar refractivity (Wildman–Crippen MR) is 353 cm³/mol. The smallest absolute Gasteiger partial charge is 0.336 e. The number of carboxylic acids is 3. The van der Waals surface area contributed by atoms with Gasteiger partial charge in [-0.3, -0.25) is 29.7 Å². The van der Waals surface area contributed by atoms with Crippen LogP contribution < -0.4 is 0 Å². The molecule has 0 atom stereocenters. The van der Waals surface area contributed by atoms with E-state index >= 15 is 0 Å². The summed E-state index contributed by atoms with van der Waals surface area (Å²) in [7, 11) is 0. The summed E-state index contributed by atoms with van der Waals surface area (Å²) in [6.45, 7) is 15.0. The van der Waals surface area contributed by atoms with Crippen LogP contribution in [-0.4, -0.2) is 91.1 Å². The molecule has 0 bridgehead atoms. The number of halogens is 1. The van der Waals surface area contributed by atoms with Gasteiger partial charge in [0.25, 0.3) is 6.54 Å². The van der Waals surface area contributed by atoms with Crippen LogP contribution >= 0.6 is 34.0 Å². The van der Waals surface area contributed by atoms with E-state index in [4.69, 9.17) is 21.9 Å². The van der Waals surface area contributed by atoms with Gasteiger partial charge in [0.05, 0.1) is 16.7 Å². The fourth-order valence-electron chi connectivity index (χ4n) is 9.25. The molecule has 0 spiro atoms. The Morgan fingerprint density at radius 1 is 0.451 bits per heavy atom. The number of H-pyrrole nitrogens is 1. The maximum Gasteiger partial charge on any atom is 0.336 e. The molecule has 0 fully saturated rings. The zero-order chi connectivity index (χ0) is 64.9. The monoisotopic (exact) mass is 1270 g/mol. The number of pyridine rings is 5. The number of thiophene rings is 3. The molecule has 4 N–H and O–H groups in total. The molecule has 91 heavy (non-hydrogen) atoms. The van der Waals surface area contributed by atoms with Crippen LogP contribution in [0.15, 0.2) is 177 Å². The van der Waals surface area contributed by atoms with Crippen molar-refractivity contribution >= 4 is 57.7 Å². The van der Waals surface area contributed by atoms with Crippen LogP contribution in [-0.2, 0) is 64.2 Å². The quantitative estimate of drug-likeness (QED) is 0.0385. The Morgan fingerprint density at radius 2 is 0.824 bits per heavy atom. The van der Waals surface area contributed by atoms with E-state index in [1.54, 1.807) is 84.1 Å². The molecule has 9 heterocycles. The van der Waals surface area contributed by atoms with E-state index in [0.29, 0.717) is 40.9 Å². The number of nitrogens with zero attached hydrogens (tertiary/aromatic N) is 9. The minimum atomic E-state index is -0.959. The summed E-state index contributed by atoms with van der Waals surface area (Å²) >= 11 is 4.59. The molecule has 0 unspecified atom stereocenters. The number of hydrogen-bond acceptors (Lipinski definition) is 15. The average molecular weight is 1280 g/mol. The molecule has 9 aromatic heterocycles. The number of aromatic amines is 1. The van der Waals surface area contributed by atoms with Crippen LogP contribution in [0.2, 0.25) is 0 Å². The topological polar surface area (TPSA) is 252 Å². The summed E-state index contributed by atoms with van der Waals surface area (Å²) in [6.07, 6.45) is 24.1. The standard InChI is InChI=1S/C17H16N2O.C15H15N5.2C13H13NO2S.C12H10FNO2S/c1-13-3-5-14(6-4-13)7-8-15-11-19-10-9-16(15)17(20)12-18-2;1-11-2-4-12(5-3-11)6-7-13-10-16-9-8-14(13)15-17-19-20-18-15;2*1-9-2-4-11(17-9)5-3-10-8-14-7-6-12(10)13(15)16;13-11-4-3-9(17-11)2-1-8-7-14-6-5-10(8)12(15)16/h3-6,9-11H,7-8,12H2,1H3;2-5,8-10H,6-7H2,1H3,(H,17,18,19,20);2*2,4,6-8H,3,5H2,1H3,(H,15,16);3-7H,1-2H2,(H,15,16). The van der Waals surface area contributed by atoms with E-state index in [9.17, 15) is 23.6 Å².